The predicted molar refractivity (Wildman–Crippen MR) is 54.1 cm³/mol. The molecule has 0 saturated heterocycles. The van der Waals surface area contributed by atoms with Crippen LogP contribution >= 0.6 is 0 Å². The molecular weight excluding hydrogens is 194 g/mol. The topological polar surface area (TPSA) is 47.6 Å². The molecule has 0 amide bonds. The van der Waals surface area contributed by atoms with Gasteiger partial charge in [-0.2, -0.15) is 5.48 Å². The Morgan fingerprint density at radius 1 is 1.40 bits per heavy atom. The number of hydrogen-bond donors (Lipinski definition) is 1. The van der Waals surface area contributed by atoms with Gasteiger partial charge in [0.15, 0.2) is 0 Å². The Kier molecular flexibility index (Phi) is 2.70. The molecule has 2 atom stereocenters. The van der Waals surface area contributed by atoms with Crippen LogP contribution < -0.4 is 10.2 Å². The minimum Gasteiger partial charge on any atom is -0.426 e. The molecule has 0 aliphatic carbocycles. The molecule has 1 aliphatic heterocycles. The number of carbonyl (C=O) groups excluding carboxylic acids is 1. The van der Waals surface area contributed by atoms with E-state index in [1.54, 1.807) is 6.07 Å². The lowest BCUT2D eigenvalue weighted by Gasteiger charge is -2.29. The molecule has 15 heavy (non-hydrogen) atoms. The van der Waals surface area contributed by atoms with Crippen molar-refractivity contribution in [1.29, 1.82) is 0 Å². The lowest BCUT2D eigenvalue weighted by molar-refractivity contribution is -0.142. The van der Waals surface area contributed by atoms with E-state index in [9.17, 15) is 4.79 Å². The highest BCUT2D eigenvalue weighted by atomic mass is 16.6. The molecule has 1 aromatic rings. The summed E-state index contributed by atoms with van der Waals surface area (Å²) in [4.78, 5) is 16.4. The molecule has 1 heterocycles. The molecule has 1 aromatic carbocycles. The second kappa shape index (κ2) is 4.00. The summed E-state index contributed by atoms with van der Waals surface area (Å²) >= 11 is 0. The fourth-order valence-corrected chi connectivity index (χ4v) is 1.73. The fourth-order valence-electron chi connectivity index (χ4n) is 1.73. The number of carbonyl (C=O) groups is 1. The molecule has 4 nitrogen and oxygen atoms in total. The average molecular weight is 207 g/mol. The van der Waals surface area contributed by atoms with Crippen molar-refractivity contribution < 1.29 is 14.4 Å². The van der Waals surface area contributed by atoms with E-state index in [-0.39, 0.29) is 17.9 Å². The van der Waals surface area contributed by atoms with Crippen molar-refractivity contribution in [3.8, 4) is 5.75 Å². The molecule has 1 aliphatic rings. The Bertz CT molecular complexity index is 378. The summed E-state index contributed by atoms with van der Waals surface area (Å²) in [5, 5.41) is 0. The summed E-state index contributed by atoms with van der Waals surface area (Å²) in [7, 11) is 1.54. The average Bonchev–Trinajstić information content (AvgIpc) is 2.25. The number of benzene rings is 1. The van der Waals surface area contributed by atoms with Gasteiger partial charge < -0.3 is 9.57 Å². The number of ether oxygens (including phenoxy) is 1. The molecule has 4 heteroatoms. The fraction of sp³-hybridized carbons (Fsp3) is 0.364. The first-order chi connectivity index (χ1) is 7.24. The van der Waals surface area contributed by atoms with Gasteiger partial charge in [-0.1, -0.05) is 18.2 Å². The monoisotopic (exact) mass is 207 g/mol. The van der Waals surface area contributed by atoms with Gasteiger partial charge in [0, 0.05) is 5.56 Å². The molecule has 0 fully saturated rings. The van der Waals surface area contributed by atoms with Gasteiger partial charge in [-0.05, 0) is 13.0 Å². The smallest absolute Gasteiger partial charge is 0.316 e. The van der Waals surface area contributed by atoms with E-state index in [1.807, 2.05) is 25.1 Å². The normalized spacial score (nSPS) is 24.5. The van der Waals surface area contributed by atoms with Crippen molar-refractivity contribution in [2.24, 2.45) is 5.92 Å². The maximum absolute atomic E-state index is 11.5. The Labute approximate surface area is 88.1 Å². The first kappa shape index (κ1) is 10.1. The van der Waals surface area contributed by atoms with E-state index >= 15 is 0 Å². The first-order valence-electron chi connectivity index (χ1n) is 4.83. The molecule has 0 radical (unpaired) electrons. The van der Waals surface area contributed by atoms with Crippen LogP contribution in [0.1, 0.15) is 18.5 Å². The van der Waals surface area contributed by atoms with Gasteiger partial charge >= 0.3 is 5.97 Å². The maximum atomic E-state index is 11.5. The Morgan fingerprint density at radius 2 is 2.13 bits per heavy atom. The third-order valence-electron chi connectivity index (χ3n) is 2.58. The van der Waals surface area contributed by atoms with E-state index < -0.39 is 0 Å². The highest BCUT2D eigenvalue weighted by molar-refractivity contribution is 5.78. The van der Waals surface area contributed by atoms with Gasteiger partial charge in [-0.3, -0.25) is 4.79 Å². The molecule has 80 valence electrons. The zero-order valence-corrected chi connectivity index (χ0v) is 8.69. The number of nitrogens with one attached hydrogen (secondary N) is 1. The van der Waals surface area contributed by atoms with Crippen LogP contribution in [0, 0.1) is 5.92 Å². The van der Waals surface area contributed by atoms with Crippen molar-refractivity contribution in [3.05, 3.63) is 29.8 Å². The molecule has 0 saturated carbocycles. The summed E-state index contributed by atoms with van der Waals surface area (Å²) in [6.07, 6.45) is 0. The Balaban J connectivity index is 2.40. The van der Waals surface area contributed by atoms with Crippen LogP contribution in [0.25, 0.3) is 0 Å². The van der Waals surface area contributed by atoms with E-state index in [4.69, 9.17) is 9.57 Å². The van der Waals surface area contributed by atoms with Crippen LogP contribution in [0.15, 0.2) is 24.3 Å². The zero-order valence-electron chi connectivity index (χ0n) is 8.69. The Morgan fingerprint density at radius 3 is 2.87 bits per heavy atom. The molecule has 0 aromatic heterocycles. The molecule has 2 rings (SSSR count). The van der Waals surface area contributed by atoms with Crippen molar-refractivity contribution in [2.45, 2.75) is 13.0 Å². The largest absolute Gasteiger partial charge is 0.426 e. The molecule has 0 bridgehead atoms. The van der Waals surface area contributed by atoms with E-state index in [2.05, 4.69) is 5.48 Å². The van der Waals surface area contributed by atoms with Gasteiger partial charge in [0.05, 0.1) is 19.1 Å². The number of para-hydroxylation sites is 1. The van der Waals surface area contributed by atoms with Gasteiger partial charge in [0.2, 0.25) is 0 Å². The van der Waals surface area contributed by atoms with E-state index in [0.717, 1.165) is 5.56 Å². The number of hydrogen-bond acceptors (Lipinski definition) is 4. The predicted octanol–water partition coefficient (Wildman–Crippen LogP) is 1.43. The summed E-state index contributed by atoms with van der Waals surface area (Å²) in [6.45, 7) is 1.81. The van der Waals surface area contributed by atoms with Crippen LogP contribution in [0.4, 0.5) is 0 Å². The SMILES string of the molecule is CON[C@@H]1c2ccccc2OC(=O)[C@H]1C. The van der Waals surface area contributed by atoms with Crippen molar-refractivity contribution in [1.82, 2.24) is 5.48 Å². The molecule has 1 N–H and O–H groups in total. The van der Waals surface area contributed by atoms with E-state index in [1.165, 1.54) is 7.11 Å². The summed E-state index contributed by atoms with van der Waals surface area (Å²) in [5.41, 5.74) is 3.77. The molecule has 0 spiro atoms. The quantitative estimate of drug-likeness (QED) is 0.453. The third-order valence-corrected chi connectivity index (χ3v) is 2.58. The van der Waals surface area contributed by atoms with Gasteiger partial charge in [-0.15, -0.1) is 0 Å². The summed E-state index contributed by atoms with van der Waals surface area (Å²) in [5.74, 6) is 0.123. The van der Waals surface area contributed by atoms with Crippen LogP contribution in [-0.4, -0.2) is 13.1 Å². The summed E-state index contributed by atoms with van der Waals surface area (Å²) in [6, 6.07) is 7.31. The number of hydroxylamine groups is 1. The van der Waals surface area contributed by atoms with E-state index in [0.29, 0.717) is 5.75 Å². The van der Waals surface area contributed by atoms with Gasteiger partial charge in [-0.25, -0.2) is 0 Å². The zero-order chi connectivity index (χ0) is 10.8. The summed E-state index contributed by atoms with van der Waals surface area (Å²) < 4.78 is 5.19. The number of esters is 1. The highest BCUT2D eigenvalue weighted by Gasteiger charge is 2.34. The number of fused-ring (bicyclic) bond motifs is 1. The van der Waals surface area contributed by atoms with Crippen LogP contribution in [0.2, 0.25) is 0 Å². The minimum absolute atomic E-state index is 0.146. The molecular formula is C11H13NO3. The first-order valence-corrected chi connectivity index (χ1v) is 4.83. The lowest BCUT2D eigenvalue weighted by Crippen LogP contribution is -2.37. The van der Waals surface area contributed by atoms with Crippen LogP contribution in [0.3, 0.4) is 0 Å². The van der Waals surface area contributed by atoms with Crippen molar-refractivity contribution >= 4 is 5.97 Å². The standard InChI is InChI=1S/C11H13NO3/c1-7-10(12-14-2)8-5-3-4-6-9(8)15-11(7)13/h3-7,10,12H,1-2H3/t7-,10-/m0/s1. The minimum atomic E-state index is -0.250. The van der Waals surface area contributed by atoms with Gasteiger partial charge in [0.1, 0.15) is 5.75 Å². The van der Waals surface area contributed by atoms with Crippen molar-refractivity contribution in [2.75, 3.05) is 7.11 Å². The maximum Gasteiger partial charge on any atom is 0.316 e. The van der Waals surface area contributed by atoms with Crippen molar-refractivity contribution in [3.63, 3.8) is 0 Å². The van der Waals surface area contributed by atoms with Crippen LogP contribution in [0.5, 0.6) is 5.75 Å². The third kappa shape index (κ3) is 1.73. The second-order valence-electron chi connectivity index (χ2n) is 3.55. The second-order valence-corrected chi connectivity index (χ2v) is 3.55. The van der Waals surface area contributed by atoms with Crippen LogP contribution in [-0.2, 0) is 9.63 Å². The van der Waals surface area contributed by atoms with Gasteiger partial charge in [0.25, 0.3) is 0 Å². The lowest BCUT2D eigenvalue weighted by atomic mass is 9.92. The highest BCUT2D eigenvalue weighted by Crippen LogP contribution is 2.35. The molecule has 0 unspecified atom stereocenters. The Hall–Kier alpha value is -1.39. The number of rotatable bonds is 2.